The van der Waals surface area contributed by atoms with Gasteiger partial charge in [0.05, 0.1) is 11.3 Å². The molecular weight excluding hydrogens is 423 g/mol. The molecule has 2 heterocycles. The number of rotatable bonds is 4. The Balaban J connectivity index is 1.35. The highest BCUT2D eigenvalue weighted by molar-refractivity contribution is 6.03. The summed E-state index contributed by atoms with van der Waals surface area (Å²) in [7, 11) is 0. The number of amides is 2. The van der Waals surface area contributed by atoms with E-state index in [2.05, 4.69) is 0 Å². The van der Waals surface area contributed by atoms with Crippen molar-refractivity contribution in [2.75, 3.05) is 37.6 Å². The number of fused-ring (bicyclic) bond motifs is 1. The molecule has 1 fully saturated rings. The van der Waals surface area contributed by atoms with Crippen LogP contribution in [0.5, 0.6) is 5.75 Å². The van der Waals surface area contributed by atoms with Gasteiger partial charge in [-0.1, -0.05) is 30.3 Å². The van der Waals surface area contributed by atoms with Gasteiger partial charge in [0.2, 0.25) is 5.91 Å². The summed E-state index contributed by atoms with van der Waals surface area (Å²) in [6.45, 7) is 3.97. The third-order valence-corrected chi connectivity index (χ3v) is 5.75. The van der Waals surface area contributed by atoms with Crippen LogP contribution in [0.3, 0.4) is 0 Å². The van der Waals surface area contributed by atoms with E-state index < -0.39 is 17.8 Å². The van der Waals surface area contributed by atoms with E-state index >= 15 is 0 Å². The van der Waals surface area contributed by atoms with Gasteiger partial charge in [0, 0.05) is 32.7 Å². The van der Waals surface area contributed by atoms with E-state index in [-0.39, 0.29) is 18.4 Å². The van der Waals surface area contributed by atoms with Crippen molar-refractivity contribution in [1.29, 1.82) is 0 Å². The number of piperazine rings is 1. The van der Waals surface area contributed by atoms with Crippen LogP contribution < -0.4 is 9.64 Å². The van der Waals surface area contributed by atoms with E-state index in [1.807, 2.05) is 11.0 Å². The smallest absolute Gasteiger partial charge is 0.416 e. The highest BCUT2D eigenvalue weighted by atomic mass is 19.4. The van der Waals surface area contributed by atoms with Crippen molar-refractivity contribution in [2.24, 2.45) is 0 Å². The molecule has 2 aromatic rings. The zero-order chi connectivity index (χ0) is 22.9. The molecule has 32 heavy (non-hydrogen) atoms. The molecule has 170 valence electrons. The van der Waals surface area contributed by atoms with Gasteiger partial charge in [0.25, 0.3) is 5.91 Å². The molecule has 0 aliphatic carbocycles. The summed E-state index contributed by atoms with van der Waals surface area (Å²) >= 11 is 0. The second kappa shape index (κ2) is 8.82. The molecule has 2 aromatic carbocycles. The number of alkyl halides is 3. The summed E-state index contributed by atoms with van der Waals surface area (Å²) < 4.78 is 44.4. The Bertz CT molecular complexity index is 1000. The van der Waals surface area contributed by atoms with E-state index in [0.717, 1.165) is 6.07 Å². The maximum Gasteiger partial charge on any atom is 0.416 e. The number of nitrogens with zero attached hydrogens (tertiary/aromatic N) is 3. The number of carbonyl (C=O) groups is 2. The second-order valence-electron chi connectivity index (χ2n) is 8.01. The molecule has 0 radical (unpaired) electrons. The largest absolute Gasteiger partial charge is 0.479 e. The zero-order valence-electron chi connectivity index (χ0n) is 17.6. The van der Waals surface area contributed by atoms with Crippen molar-refractivity contribution in [1.82, 2.24) is 9.80 Å². The fourth-order valence-electron chi connectivity index (χ4n) is 4.02. The van der Waals surface area contributed by atoms with Gasteiger partial charge in [-0.25, -0.2) is 0 Å². The number of carbonyl (C=O) groups excluding carboxylic acids is 2. The van der Waals surface area contributed by atoms with E-state index in [4.69, 9.17) is 4.74 Å². The Morgan fingerprint density at radius 3 is 2.50 bits per heavy atom. The van der Waals surface area contributed by atoms with Crippen LogP contribution in [0.15, 0.2) is 48.5 Å². The third-order valence-electron chi connectivity index (χ3n) is 5.75. The van der Waals surface area contributed by atoms with Gasteiger partial charge in [0.15, 0.2) is 6.10 Å². The molecule has 0 bridgehead atoms. The van der Waals surface area contributed by atoms with Crippen LogP contribution in [0.1, 0.15) is 18.1 Å². The molecule has 2 amide bonds. The molecule has 1 unspecified atom stereocenters. The number of hydrogen-bond acceptors (Lipinski definition) is 4. The first kappa shape index (κ1) is 22.1. The first-order chi connectivity index (χ1) is 15.2. The molecule has 1 atom stereocenters. The van der Waals surface area contributed by atoms with Gasteiger partial charge in [0.1, 0.15) is 12.3 Å². The average Bonchev–Trinajstić information content (AvgIpc) is 2.77. The lowest BCUT2D eigenvalue weighted by atomic mass is 10.1. The van der Waals surface area contributed by atoms with Crippen molar-refractivity contribution in [3.05, 3.63) is 59.7 Å². The predicted molar refractivity (Wildman–Crippen MR) is 112 cm³/mol. The maximum atomic E-state index is 12.9. The first-order valence-electron chi connectivity index (χ1n) is 10.5. The zero-order valence-corrected chi connectivity index (χ0v) is 17.6. The number of anilines is 1. The first-order valence-corrected chi connectivity index (χ1v) is 10.5. The van der Waals surface area contributed by atoms with Crippen molar-refractivity contribution >= 4 is 17.5 Å². The summed E-state index contributed by atoms with van der Waals surface area (Å²) in [5, 5.41) is 0. The molecule has 2 aliphatic heterocycles. The quantitative estimate of drug-likeness (QED) is 0.723. The van der Waals surface area contributed by atoms with Gasteiger partial charge in [-0.2, -0.15) is 13.2 Å². The Morgan fingerprint density at radius 1 is 1.06 bits per heavy atom. The van der Waals surface area contributed by atoms with Gasteiger partial charge in [-0.05, 0) is 30.7 Å². The molecule has 2 aliphatic rings. The number of halogens is 3. The minimum atomic E-state index is -4.37. The molecule has 9 heteroatoms. The second-order valence-corrected chi connectivity index (χ2v) is 8.01. The Hall–Kier alpha value is -3.07. The Morgan fingerprint density at radius 2 is 1.78 bits per heavy atom. The van der Waals surface area contributed by atoms with E-state index in [0.29, 0.717) is 49.7 Å². The molecule has 0 saturated carbocycles. The number of hydrogen-bond donors (Lipinski definition) is 0. The number of benzene rings is 2. The third kappa shape index (κ3) is 4.72. The molecule has 0 aromatic heterocycles. The normalized spacial score (nSPS) is 19.5. The Kier molecular flexibility index (Phi) is 6.10. The van der Waals surface area contributed by atoms with Crippen LogP contribution in [0, 0.1) is 0 Å². The lowest BCUT2D eigenvalue weighted by molar-refractivity contribution is -0.137. The van der Waals surface area contributed by atoms with E-state index in [1.54, 1.807) is 36.1 Å². The van der Waals surface area contributed by atoms with Crippen molar-refractivity contribution in [2.45, 2.75) is 25.7 Å². The molecule has 1 saturated heterocycles. The highest BCUT2D eigenvalue weighted by Gasteiger charge is 2.34. The fraction of sp³-hybridized carbons (Fsp3) is 0.391. The van der Waals surface area contributed by atoms with Gasteiger partial charge < -0.3 is 9.64 Å². The molecule has 0 N–H and O–H groups in total. The van der Waals surface area contributed by atoms with Gasteiger partial charge >= 0.3 is 6.18 Å². The van der Waals surface area contributed by atoms with E-state index in [9.17, 15) is 22.8 Å². The minimum Gasteiger partial charge on any atom is -0.479 e. The summed E-state index contributed by atoms with van der Waals surface area (Å²) in [4.78, 5) is 30.7. The lowest BCUT2D eigenvalue weighted by Crippen LogP contribution is -2.53. The van der Waals surface area contributed by atoms with Gasteiger partial charge in [-0.3, -0.25) is 19.4 Å². The van der Waals surface area contributed by atoms with Crippen LogP contribution in [0.2, 0.25) is 0 Å². The molecular formula is C23H24F3N3O3. The lowest BCUT2D eigenvalue weighted by Gasteiger charge is -2.37. The van der Waals surface area contributed by atoms with Crippen molar-refractivity contribution in [3.8, 4) is 5.75 Å². The van der Waals surface area contributed by atoms with Crippen molar-refractivity contribution < 1.29 is 27.5 Å². The summed E-state index contributed by atoms with van der Waals surface area (Å²) in [6, 6.07) is 12.4. The van der Waals surface area contributed by atoms with Crippen LogP contribution in [0.25, 0.3) is 0 Å². The maximum absolute atomic E-state index is 12.9. The topological polar surface area (TPSA) is 53.1 Å². The summed E-state index contributed by atoms with van der Waals surface area (Å²) in [6.07, 6.45) is -5.03. The van der Waals surface area contributed by atoms with Gasteiger partial charge in [-0.15, -0.1) is 0 Å². The van der Waals surface area contributed by atoms with Crippen molar-refractivity contribution in [3.63, 3.8) is 0 Å². The SMILES string of the molecule is CC1Oc2ccccc2N(CC(=O)N2CCN(Cc3cccc(C(F)(F)F)c3)CC2)C1=O. The van der Waals surface area contributed by atoms with Crippen LogP contribution >= 0.6 is 0 Å². The highest BCUT2D eigenvalue weighted by Crippen LogP contribution is 2.33. The fourth-order valence-corrected chi connectivity index (χ4v) is 4.02. The predicted octanol–water partition coefficient (Wildman–Crippen LogP) is 3.16. The van der Waals surface area contributed by atoms with Crippen LogP contribution in [-0.2, 0) is 22.3 Å². The monoisotopic (exact) mass is 447 g/mol. The Labute approximate surface area is 184 Å². The van der Waals surface area contributed by atoms with Crippen LogP contribution in [-0.4, -0.2) is 60.4 Å². The number of ether oxygens (including phenoxy) is 1. The average molecular weight is 447 g/mol. The molecule has 6 nitrogen and oxygen atoms in total. The van der Waals surface area contributed by atoms with E-state index in [1.165, 1.54) is 17.0 Å². The molecule has 0 spiro atoms. The standard InChI is InChI=1S/C23H24F3N3O3/c1-16-22(31)29(19-7-2-3-8-20(19)32-16)15-21(30)28-11-9-27(10-12-28)14-17-5-4-6-18(13-17)23(24,25)26/h2-8,13,16H,9-12,14-15H2,1H3. The van der Waals surface area contributed by atoms with Crippen LogP contribution in [0.4, 0.5) is 18.9 Å². The number of para-hydroxylation sites is 2. The molecule has 4 rings (SSSR count). The summed E-state index contributed by atoms with van der Waals surface area (Å²) in [5.74, 6) is 0.138. The minimum absolute atomic E-state index is 0.0722. The summed E-state index contributed by atoms with van der Waals surface area (Å²) in [5.41, 5.74) is 0.504.